The Balaban J connectivity index is 1.52. The summed E-state index contributed by atoms with van der Waals surface area (Å²) in [6.07, 6.45) is 6.12. The number of likely N-dealkylation sites (tertiary alicyclic amines) is 1. The van der Waals surface area contributed by atoms with Gasteiger partial charge in [-0.05, 0) is 44.4 Å². The number of hydrogen-bond acceptors (Lipinski definition) is 5. The number of ether oxygens (including phenoxy) is 1. The van der Waals surface area contributed by atoms with Crippen molar-refractivity contribution in [3.8, 4) is 0 Å². The van der Waals surface area contributed by atoms with Crippen LogP contribution in [0.4, 0.5) is 0 Å². The molecule has 126 valence electrons. The molecule has 1 fully saturated rings. The van der Waals surface area contributed by atoms with Crippen LogP contribution in [0, 0.1) is 0 Å². The molecule has 3 rings (SSSR count). The Morgan fingerprint density at radius 2 is 2.21 bits per heavy atom. The van der Waals surface area contributed by atoms with Gasteiger partial charge in [0.15, 0.2) is 6.61 Å². The lowest BCUT2D eigenvalue weighted by Crippen LogP contribution is -2.44. The highest BCUT2D eigenvalue weighted by Crippen LogP contribution is 2.22. The molecule has 1 amide bonds. The van der Waals surface area contributed by atoms with Gasteiger partial charge in [0.2, 0.25) is 0 Å². The summed E-state index contributed by atoms with van der Waals surface area (Å²) in [5.74, 6) is -0.642. The third-order valence-electron chi connectivity index (χ3n) is 4.13. The zero-order valence-corrected chi connectivity index (χ0v) is 14.4. The average molecular weight is 344 g/mol. The van der Waals surface area contributed by atoms with Crippen molar-refractivity contribution < 1.29 is 14.3 Å². The van der Waals surface area contributed by atoms with Crippen molar-refractivity contribution in [3.63, 3.8) is 0 Å². The van der Waals surface area contributed by atoms with Crippen LogP contribution < -0.4 is 0 Å². The number of hydrogen-bond donors (Lipinski definition) is 0. The second-order valence-electron chi connectivity index (χ2n) is 5.89. The Bertz CT molecular complexity index is 735. The SMILES string of the molecule is C[C@@H]1CCCCN1C(=O)COC(=O)/C=C/c1nc2ccccc2s1. The number of para-hydroxylation sites is 1. The van der Waals surface area contributed by atoms with Crippen molar-refractivity contribution >= 4 is 39.5 Å². The number of carbonyl (C=O) groups is 2. The summed E-state index contributed by atoms with van der Waals surface area (Å²) in [6.45, 7) is 2.58. The number of carbonyl (C=O) groups excluding carboxylic acids is 2. The number of amides is 1. The summed E-state index contributed by atoms with van der Waals surface area (Å²) in [6, 6.07) is 8.02. The first-order chi connectivity index (χ1) is 11.6. The number of aromatic nitrogens is 1. The first-order valence-electron chi connectivity index (χ1n) is 8.13. The van der Waals surface area contributed by atoms with Crippen LogP contribution in [-0.2, 0) is 14.3 Å². The van der Waals surface area contributed by atoms with E-state index in [2.05, 4.69) is 4.98 Å². The van der Waals surface area contributed by atoms with Crippen LogP contribution in [0.2, 0.25) is 0 Å². The van der Waals surface area contributed by atoms with E-state index in [1.165, 1.54) is 17.4 Å². The standard InChI is InChI=1S/C18H20N2O3S/c1-13-6-4-5-11-20(13)17(21)12-23-18(22)10-9-16-19-14-7-2-3-8-15(14)24-16/h2-3,7-10,13H,4-6,11-12H2,1H3/b10-9+/t13-/m1/s1. The van der Waals surface area contributed by atoms with Crippen molar-refractivity contribution in [2.45, 2.75) is 32.2 Å². The van der Waals surface area contributed by atoms with E-state index in [0.717, 1.165) is 41.0 Å². The lowest BCUT2D eigenvalue weighted by molar-refractivity contribution is -0.149. The van der Waals surface area contributed by atoms with Gasteiger partial charge in [0.05, 0.1) is 10.2 Å². The number of benzene rings is 1. The number of piperidine rings is 1. The van der Waals surface area contributed by atoms with Gasteiger partial charge < -0.3 is 9.64 Å². The minimum atomic E-state index is -0.521. The highest BCUT2D eigenvalue weighted by molar-refractivity contribution is 7.19. The molecule has 24 heavy (non-hydrogen) atoms. The topological polar surface area (TPSA) is 59.5 Å². The van der Waals surface area contributed by atoms with Gasteiger partial charge in [-0.2, -0.15) is 0 Å². The van der Waals surface area contributed by atoms with Gasteiger partial charge in [0.25, 0.3) is 5.91 Å². The number of fused-ring (bicyclic) bond motifs is 1. The zero-order chi connectivity index (χ0) is 16.9. The minimum Gasteiger partial charge on any atom is -0.452 e. The summed E-state index contributed by atoms with van der Waals surface area (Å²) in [7, 11) is 0. The predicted molar refractivity (Wildman–Crippen MR) is 94.6 cm³/mol. The molecule has 1 saturated heterocycles. The number of esters is 1. The molecule has 0 saturated carbocycles. The lowest BCUT2D eigenvalue weighted by Gasteiger charge is -2.33. The summed E-state index contributed by atoms with van der Waals surface area (Å²) in [5.41, 5.74) is 0.907. The van der Waals surface area contributed by atoms with Gasteiger partial charge in [0, 0.05) is 18.7 Å². The molecule has 1 atom stereocenters. The van der Waals surface area contributed by atoms with Crippen molar-refractivity contribution in [1.82, 2.24) is 9.88 Å². The van der Waals surface area contributed by atoms with Gasteiger partial charge in [0.1, 0.15) is 5.01 Å². The van der Waals surface area contributed by atoms with Crippen LogP contribution >= 0.6 is 11.3 Å². The van der Waals surface area contributed by atoms with Crippen LogP contribution in [-0.4, -0.2) is 41.0 Å². The van der Waals surface area contributed by atoms with E-state index in [4.69, 9.17) is 4.74 Å². The van der Waals surface area contributed by atoms with E-state index in [1.807, 2.05) is 31.2 Å². The molecule has 1 aliphatic rings. The monoisotopic (exact) mass is 344 g/mol. The summed E-state index contributed by atoms with van der Waals surface area (Å²) < 4.78 is 6.13. The van der Waals surface area contributed by atoms with Gasteiger partial charge in [-0.1, -0.05) is 12.1 Å². The van der Waals surface area contributed by atoms with Crippen LogP contribution in [0.5, 0.6) is 0 Å². The van der Waals surface area contributed by atoms with Crippen molar-refractivity contribution in [2.75, 3.05) is 13.2 Å². The smallest absolute Gasteiger partial charge is 0.331 e. The fraction of sp³-hybridized carbons (Fsp3) is 0.389. The van der Waals surface area contributed by atoms with Gasteiger partial charge in [-0.3, -0.25) is 4.79 Å². The highest BCUT2D eigenvalue weighted by Gasteiger charge is 2.23. The molecule has 1 aromatic heterocycles. The number of thiazole rings is 1. The Labute approximate surface area is 144 Å². The molecule has 1 aromatic carbocycles. The van der Waals surface area contributed by atoms with E-state index in [1.54, 1.807) is 11.0 Å². The van der Waals surface area contributed by atoms with Crippen molar-refractivity contribution in [1.29, 1.82) is 0 Å². The molecule has 0 aliphatic carbocycles. The van der Waals surface area contributed by atoms with E-state index < -0.39 is 5.97 Å². The molecule has 0 unspecified atom stereocenters. The molecule has 2 aromatic rings. The summed E-state index contributed by atoms with van der Waals surface area (Å²) >= 11 is 1.51. The summed E-state index contributed by atoms with van der Waals surface area (Å²) in [4.78, 5) is 30.1. The van der Waals surface area contributed by atoms with Crippen LogP contribution in [0.1, 0.15) is 31.2 Å². The first kappa shape index (κ1) is 16.6. The van der Waals surface area contributed by atoms with E-state index in [9.17, 15) is 9.59 Å². The Morgan fingerprint density at radius 3 is 3.00 bits per heavy atom. The van der Waals surface area contributed by atoms with Crippen molar-refractivity contribution in [3.05, 3.63) is 35.3 Å². The van der Waals surface area contributed by atoms with Crippen LogP contribution in [0.15, 0.2) is 30.3 Å². The normalized spacial score (nSPS) is 18.2. The van der Waals surface area contributed by atoms with Gasteiger partial charge in [-0.25, -0.2) is 9.78 Å². The lowest BCUT2D eigenvalue weighted by atomic mass is 10.0. The Kier molecular flexibility index (Phi) is 5.25. The van der Waals surface area contributed by atoms with Crippen LogP contribution in [0.3, 0.4) is 0 Å². The molecule has 1 aliphatic heterocycles. The summed E-state index contributed by atoms with van der Waals surface area (Å²) in [5, 5.41) is 0.740. The minimum absolute atomic E-state index is 0.121. The zero-order valence-electron chi connectivity index (χ0n) is 13.6. The Morgan fingerprint density at radius 1 is 1.38 bits per heavy atom. The molecule has 0 spiro atoms. The number of nitrogens with zero attached hydrogens (tertiary/aromatic N) is 2. The third kappa shape index (κ3) is 4.00. The third-order valence-corrected chi connectivity index (χ3v) is 5.14. The molecule has 0 radical (unpaired) electrons. The quantitative estimate of drug-likeness (QED) is 0.631. The molecule has 0 bridgehead atoms. The fourth-order valence-electron chi connectivity index (χ4n) is 2.83. The second kappa shape index (κ2) is 7.57. The maximum absolute atomic E-state index is 12.1. The molecule has 5 nitrogen and oxygen atoms in total. The highest BCUT2D eigenvalue weighted by atomic mass is 32.1. The molecule has 0 N–H and O–H groups in total. The first-order valence-corrected chi connectivity index (χ1v) is 8.95. The van der Waals surface area contributed by atoms with Crippen LogP contribution in [0.25, 0.3) is 16.3 Å². The largest absolute Gasteiger partial charge is 0.452 e. The van der Waals surface area contributed by atoms with Crippen molar-refractivity contribution in [2.24, 2.45) is 0 Å². The molecule has 6 heteroatoms. The molecular formula is C18H20N2O3S. The average Bonchev–Trinajstić information content (AvgIpc) is 3.01. The van der Waals surface area contributed by atoms with E-state index in [0.29, 0.717) is 0 Å². The molecular weight excluding hydrogens is 324 g/mol. The number of rotatable bonds is 4. The maximum Gasteiger partial charge on any atom is 0.331 e. The second-order valence-corrected chi connectivity index (χ2v) is 6.96. The van der Waals surface area contributed by atoms with Gasteiger partial charge >= 0.3 is 5.97 Å². The predicted octanol–water partition coefficient (Wildman–Crippen LogP) is 3.25. The van der Waals surface area contributed by atoms with E-state index in [-0.39, 0.29) is 18.6 Å². The van der Waals surface area contributed by atoms with Gasteiger partial charge in [-0.15, -0.1) is 11.3 Å². The maximum atomic E-state index is 12.1. The molecule has 2 heterocycles. The fourth-order valence-corrected chi connectivity index (χ4v) is 3.70. The van der Waals surface area contributed by atoms with E-state index >= 15 is 0 Å². The Hall–Kier alpha value is -2.21.